The van der Waals surface area contributed by atoms with E-state index in [9.17, 15) is 0 Å². The van der Waals surface area contributed by atoms with Crippen LogP contribution in [0.2, 0.25) is 0 Å². The summed E-state index contributed by atoms with van der Waals surface area (Å²) in [7, 11) is 0. The van der Waals surface area contributed by atoms with Crippen molar-refractivity contribution >= 4 is 127 Å². The van der Waals surface area contributed by atoms with E-state index in [0.717, 1.165) is 95.3 Å². The Morgan fingerprint density at radius 2 is 0.683 bits per heavy atom. The van der Waals surface area contributed by atoms with Crippen molar-refractivity contribution in [2.45, 2.75) is 19.8 Å². The van der Waals surface area contributed by atoms with Crippen LogP contribution in [0.1, 0.15) is 64.3 Å². The second-order valence-electron chi connectivity index (χ2n) is 23.8. The first-order valence-corrected chi connectivity index (χ1v) is 33.1. The van der Waals surface area contributed by atoms with Gasteiger partial charge in [-0.25, -0.2) is 9.98 Å². The monoisotopic (exact) mass is 1360 g/mol. The first kappa shape index (κ1) is 66.2. The number of hydrogen-bond acceptors (Lipinski definition) is 10. The van der Waals surface area contributed by atoms with Gasteiger partial charge < -0.3 is 34.2 Å². The van der Waals surface area contributed by atoms with Gasteiger partial charge >= 0.3 is 33.7 Å². The molecule has 5 radical (unpaired) electrons. The standard InChI is InChI=1S/C44H32N2.C32H18N8.C9H7NO.CH4.Al.B.Cu.H/c1-3-17-37(18-4-1)45(43-23-11-15-35-13-7-9-21-41(35)43)39-29-25-33(26-30-39)34-27-31-40(32-28-34)46(38-19-5-2-6-20-38)44-24-12-16-36-14-8-10-22-42(36)44;1-2-10-18-17(9-1)25-33-26(18)38-28-21-13-5-6-14-22(21)30(35-28)40-32-24-16-8-7-15-23(24)31(36-32)39-29-20-12-4-3-11-19(20)27(34-29)37-25;11-8-5-1-3-7-4-2-6-10-9(7)8;;;;;/h1-32H;1-16,25,32H;1-6,11H;1H4;;;;/q;-2;;;+1;;+2;/p-1. The molecule has 1 aromatic heterocycles. The minimum Gasteiger partial charge on any atom is -0.649 e. The predicted molar refractivity (Wildman–Crippen MR) is 415 cm³/mol. The molecule has 14 aromatic rings. The smallest absolute Gasteiger partial charge is 0.649 e. The van der Waals surface area contributed by atoms with Gasteiger partial charge in [0, 0.05) is 75.8 Å². The van der Waals surface area contributed by atoms with Crippen LogP contribution in [0.4, 0.5) is 34.1 Å². The van der Waals surface area contributed by atoms with Crippen LogP contribution in [-0.4, -0.2) is 65.0 Å². The van der Waals surface area contributed by atoms with Crippen molar-refractivity contribution in [1.82, 2.24) is 4.98 Å². The molecule has 0 saturated carbocycles. The quantitative estimate of drug-likeness (QED) is 0.140. The Morgan fingerprint density at radius 3 is 1.14 bits per heavy atom. The molecule has 2 unspecified atom stereocenters. The van der Waals surface area contributed by atoms with E-state index in [1.54, 1.807) is 6.20 Å². The van der Waals surface area contributed by atoms with Gasteiger partial charge in [0.25, 0.3) is 0 Å². The maximum Gasteiger partial charge on any atom is 2.00 e. The minimum atomic E-state index is -0.478. The van der Waals surface area contributed by atoms with Gasteiger partial charge in [0.15, 0.2) is 11.7 Å². The van der Waals surface area contributed by atoms with E-state index >= 15 is 0 Å². The predicted octanol–water partition coefficient (Wildman–Crippen LogP) is 20.4. The summed E-state index contributed by atoms with van der Waals surface area (Å²) in [6.07, 6.45) is 0.815. The van der Waals surface area contributed by atoms with Gasteiger partial charge in [-0.15, -0.1) is 0 Å². The second-order valence-corrected chi connectivity index (χ2v) is 24.1. The summed E-state index contributed by atoms with van der Waals surface area (Å²) in [5, 5.41) is 15.9. The molecule has 6 heterocycles. The number of amidine groups is 6. The third kappa shape index (κ3) is 12.8. The van der Waals surface area contributed by atoms with Crippen LogP contribution < -0.4 is 13.6 Å². The summed E-state index contributed by atoms with van der Waals surface area (Å²) in [6, 6.07) is 111. The Morgan fingerprint density at radius 1 is 0.327 bits per heavy atom. The molecule has 15 heteroatoms. The van der Waals surface area contributed by atoms with E-state index < -0.39 is 12.3 Å². The molecule has 0 spiro atoms. The summed E-state index contributed by atoms with van der Waals surface area (Å²) in [4.78, 5) is 38.8. The molecule has 19 rings (SSSR count). The molecular weight excluding hydrogens is 1300 g/mol. The van der Waals surface area contributed by atoms with Crippen molar-refractivity contribution in [3.8, 4) is 16.9 Å². The number of aromatic nitrogens is 1. The average molecular weight is 1370 g/mol. The van der Waals surface area contributed by atoms with Crippen molar-refractivity contribution in [2.24, 2.45) is 30.0 Å². The molecule has 0 N–H and O–H groups in total. The fraction of sp³-hybridized carbons (Fsp3) is 0.0349. The van der Waals surface area contributed by atoms with Crippen LogP contribution >= 0.6 is 0 Å². The van der Waals surface area contributed by atoms with Crippen LogP contribution in [0.3, 0.4) is 0 Å². The topological polar surface area (TPSA) is 131 Å². The van der Waals surface area contributed by atoms with Crippen LogP contribution in [0, 0.1) is 0 Å². The number of fused-ring (bicyclic) bond motifs is 21. The molecular formula is C86H61AlBCuN11O. The number of rotatable bonds is 8. The normalized spacial score (nSPS) is 14.5. The third-order valence-electron chi connectivity index (χ3n) is 18.0. The molecule has 0 aliphatic carbocycles. The number of aliphatic imine (C=N–C) groups is 6. The van der Waals surface area contributed by atoms with Gasteiger partial charge in [0.2, 0.25) is 0 Å². The van der Waals surface area contributed by atoms with Crippen molar-refractivity contribution in [3.63, 3.8) is 0 Å². The van der Waals surface area contributed by atoms with Crippen LogP contribution in [-0.2, 0) is 17.1 Å². The number of para-hydroxylation sites is 3. The maximum atomic E-state index is 5.19. The Balaban J connectivity index is 0.000000144. The van der Waals surface area contributed by atoms with Crippen LogP contribution in [0.5, 0.6) is 5.75 Å². The molecule has 13 aromatic carbocycles. The molecule has 12 nitrogen and oxygen atoms in total. The van der Waals surface area contributed by atoms with Gasteiger partial charge in [0.1, 0.15) is 11.3 Å². The molecule has 101 heavy (non-hydrogen) atoms. The van der Waals surface area contributed by atoms with E-state index in [1.165, 1.54) is 49.3 Å². The third-order valence-corrected chi connectivity index (χ3v) is 18.3. The van der Waals surface area contributed by atoms with Crippen molar-refractivity contribution in [2.75, 3.05) is 9.80 Å². The molecule has 483 valence electrons. The van der Waals surface area contributed by atoms with Crippen LogP contribution in [0.15, 0.2) is 358 Å². The fourth-order valence-corrected chi connectivity index (χ4v) is 13.6. The Kier molecular flexibility index (Phi) is 19.1. The van der Waals surface area contributed by atoms with Gasteiger partial charge in [-0.3, -0.25) is 15.0 Å². The minimum absolute atomic E-state index is 0. The van der Waals surface area contributed by atoms with Crippen molar-refractivity contribution < 1.29 is 20.9 Å². The van der Waals surface area contributed by atoms with E-state index in [-0.39, 0.29) is 32.9 Å². The Labute approximate surface area is 607 Å². The number of nitrogens with zero attached hydrogens (tertiary/aromatic N) is 11. The molecule has 0 amide bonds. The fourth-order valence-electron chi connectivity index (χ4n) is 13.3. The van der Waals surface area contributed by atoms with E-state index in [1.807, 2.05) is 127 Å². The Hall–Kier alpha value is -12.1. The average Bonchev–Trinajstić information content (AvgIpc) is 1.71. The van der Waals surface area contributed by atoms with E-state index in [4.69, 9.17) is 44.4 Å². The largest absolute Gasteiger partial charge is 2.00 e. The number of hydrogen-bond donors (Lipinski definition) is 0. The van der Waals surface area contributed by atoms with E-state index in [2.05, 4.69) is 209 Å². The van der Waals surface area contributed by atoms with Crippen molar-refractivity contribution in [1.29, 1.82) is 0 Å². The van der Waals surface area contributed by atoms with Crippen LogP contribution in [0.25, 0.3) is 54.2 Å². The number of pyridine rings is 1. The van der Waals surface area contributed by atoms with Gasteiger partial charge in [-0.05, 0) is 117 Å². The Bertz CT molecular complexity index is 5290. The van der Waals surface area contributed by atoms with Gasteiger partial charge in [-0.1, -0.05) is 268 Å². The first-order chi connectivity index (χ1) is 48.5. The summed E-state index contributed by atoms with van der Waals surface area (Å²) in [5.74, 6) is 4.38. The maximum absolute atomic E-state index is 5.19. The molecule has 0 fully saturated rings. The van der Waals surface area contributed by atoms with Gasteiger partial charge in [-0.2, -0.15) is 0 Å². The summed E-state index contributed by atoms with van der Waals surface area (Å²) in [5.41, 5.74) is 17.6. The SMILES string of the molecule is C.[AlH][O]c1cccc2cccnc12.[B].[Cu+2].c1ccc(N(c2ccc(-c3ccc(N(c4ccccc4)c4cccc5ccccc45)cc3)cc2)c2cccc3ccccc23)cc1.c1ccc2c(c1)C1=NC2=NC2[N-]C(=NC3=NC(=NC4[N-]C(=N1)c1ccccc14)c1ccccc13)c1ccccc12. The summed E-state index contributed by atoms with van der Waals surface area (Å²) >= 11 is 1.47. The summed E-state index contributed by atoms with van der Waals surface area (Å²) in [6.45, 7) is 0. The summed E-state index contributed by atoms with van der Waals surface area (Å²) < 4.78 is 5.19. The molecule has 0 saturated heterocycles. The van der Waals surface area contributed by atoms with Crippen molar-refractivity contribution in [3.05, 3.63) is 383 Å². The van der Waals surface area contributed by atoms with Gasteiger partial charge in [0.05, 0.1) is 35.4 Å². The molecule has 2 atom stereocenters. The molecule has 5 aliphatic rings. The second kappa shape index (κ2) is 29.2. The zero-order valence-electron chi connectivity index (χ0n) is 53.7. The first-order valence-electron chi connectivity index (χ1n) is 32.5. The molecule has 8 bridgehead atoms. The zero-order valence-corrected chi connectivity index (χ0v) is 56.1. The zero-order chi connectivity index (χ0) is 65.3. The number of benzene rings is 13. The molecule has 5 aliphatic heterocycles. The number of anilines is 6. The van der Waals surface area contributed by atoms with E-state index in [0.29, 0.717) is 35.0 Å².